The summed E-state index contributed by atoms with van der Waals surface area (Å²) >= 11 is 0. The van der Waals surface area contributed by atoms with Crippen LogP contribution >= 0.6 is 0 Å². The maximum Gasteiger partial charge on any atom is 0.319 e. The van der Waals surface area contributed by atoms with Gasteiger partial charge >= 0.3 is 12.3 Å². The van der Waals surface area contributed by atoms with Crippen molar-refractivity contribution in [2.45, 2.75) is 32.1 Å². The van der Waals surface area contributed by atoms with E-state index >= 15 is 0 Å². The van der Waals surface area contributed by atoms with E-state index in [9.17, 15) is 17.6 Å². The highest BCUT2D eigenvalue weighted by Gasteiger charge is 2.39. The smallest absolute Gasteiger partial charge is 0.319 e. The van der Waals surface area contributed by atoms with Gasteiger partial charge in [0.05, 0.1) is 6.54 Å². The number of nitrogens with one attached hydrogen (secondary N) is 1. The van der Waals surface area contributed by atoms with Crippen molar-refractivity contribution in [2.24, 2.45) is 11.7 Å². The molecule has 0 aromatic carbocycles. The van der Waals surface area contributed by atoms with Crippen molar-refractivity contribution in [3.8, 4) is 0 Å². The maximum atomic E-state index is 12.4. The molecular formula is C9H18F4N2. The van der Waals surface area contributed by atoms with Gasteiger partial charge in [0.2, 0.25) is 0 Å². The fraction of sp³-hybridized carbons (Fsp3) is 1.00. The van der Waals surface area contributed by atoms with Crippen LogP contribution in [0.5, 0.6) is 0 Å². The Kier molecular flexibility index (Phi) is 6.84. The molecule has 3 N–H and O–H groups in total. The van der Waals surface area contributed by atoms with E-state index in [2.05, 4.69) is 5.32 Å². The van der Waals surface area contributed by atoms with Gasteiger partial charge in [-0.25, -0.2) is 8.78 Å². The van der Waals surface area contributed by atoms with Crippen molar-refractivity contribution in [2.75, 3.05) is 19.6 Å². The van der Waals surface area contributed by atoms with E-state index in [-0.39, 0.29) is 0 Å². The zero-order chi connectivity index (χ0) is 11.9. The van der Waals surface area contributed by atoms with Crippen LogP contribution in [0.25, 0.3) is 0 Å². The second-order valence-electron chi connectivity index (χ2n) is 3.72. The minimum Gasteiger partial charge on any atom is -0.330 e. The third kappa shape index (κ3) is 6.67. The minimum absolute atomic E-state index is 0.312. The molecule has 0 aliphatic carbocycles. The van der Waals surface area contributed by atoms with E-state index in [0.29, 0.717) is 25.4 Å². The summed E-state index contributed by atoms with van der Waals surface area (Å²) in [4.78, 5) is 0. The normalized spacial score (nSPS) is 14.6. The molecule has 0 fully saturated rings. The van der Waals surface area contributed by atoms with Crippen LogP contribution in [0.3, 0.4) is 0 Å². The molecule has 1 atom stereocenters. The largest absolute Gasteiger partial charge is 0.330 e. The van der Waals surface area contributed by atoms with E-state index in [1.165, 1.54) is 0 Å². The average Bonchev–Trinajstić information content (AvgIpc) is 2.16. The highest BCUT2D eigenvalue weighted by molar-refractivity contribution is 4.72. The second-order valence-corrected chi connectivity index (χ2v) is 3.72. The maximum absolute atomic E-state index is 12.4. The van der Waals surface area contributed by atoms with Gasteiger partial charge in [0.15, 0.2) is 0 Å². The number of rotatable bonds is 8. The molecule has 0 rings (SSSR count). The van der Waals surface area contributed by atoms with Gasteiger partial charge in [0, 0.05) is 0 Å². The van der Waals surface area contributed by atoms with Crippen molar-refractivity contribution in [1.82, 2.24) is 5.32 Å². The van der Waals surface area contributed by atoms with E-state index in [0.717, 1.165) is 6.42 Å². The van der Waals surface area contributed by atoms with Gasteiger partial charge in [0.1, 0.15) is 0 Å². The number of hydrogen-bond donors (Lipinski definition) is 2. The van der Waals surface area contributed by atoms with E-state index in [1.807, 2.05) is 6.92 Å². The summed E-state index contributed by atoms with van der Waals surface area (Å²) in [5.41, 5.74) is 5.36. The van der Waals surface area contributed by atoms with Gasteiger partial charge in [-0.2, -0.15) is 8.78 Å². The molecule has 0 aliphatic heterocycles. The van der Waals surface area contributed by atoms with Gasteiger partial charge in [-0.15, -0.1) is 0 Å². The van der Waals surface area contributed by atoms with Gasteiger partial charge in [-0.05, 0) is 31.8 Å². The van der Waals surface area contributed by atoms with Crippen LogP contribution in [-0.4, -0.2) is 32.0 Å². The molecule has 6 heteroatoms. The molecule has 0 amide bonds. The van der Waals surface area contributed by atoms with Crippen LogP contribution in [0.1, 0.15) is 19.8 Å². The van der Waals surface area contributed by atoms with Gasteiger partial charge in [-0.1, -0.05) is 6.92 Å². The first-order valence-corrected chi connectivity index (χ1v) is 4.97. The van der Waals surface area contributed by atoms with Gasteiger partial charge < -0.3 is 11.1 Å². The summed E-state index contributed by atoms with van der Waals surface area (Å²) in [5, 5.41) is 2.32. The Bertz CT molecular complexity index is 164. The lowest BCUT2D eigenvalue weighted by molar-refractivity contribution is -0.125. The van der Waals surface area contributed by atoms with Crippen LogP contribution in [0, 0.1) is 5.92 Å². The first-order valence-electron chi connectivity index (χ1n) is 4.97. The fourth-order valence-corrected chi connectivity index (χ4v) is 1.03. The predicted molar refractivity (Wildman–Crippen MR) is 51.3 cm³/mol. The minimum atomic E-state index is -3.93. The molecule has 0 aromatic heterocycles. The Morgan fingerprint density at radius 3 is 2.40 bits per heavy atom. The quantitative estimate of drug-likeness (QED) is 0.493. The Balaban J connectivity index is 3.46. The van der Waals surface area contributed by atoms with E-state index in [4.69, 9.17) is 5.73 Å². The number of halogens is 4. The molecule has 92 valence electrons. The zero-order valence-electron chi connectivity index (χ0n) is 8.78. The third-order valence-electron chi connectivity index (χ3n) is 2.13. The van der Waals surface area contributed by atoms with E-state index in [1.54, 1.807) is 0 Å². The molecule has 1 unspecified atom stereocenters. The predicted octanol–water partition coefficient (Wildman–Crippen LogP) is 1.85. The van der Waals surface area contributed by atoms with Crippen LogP contribution in [0.15, 0.2) is 0 Å². The number of hydrogen-bond acceptors (Lipinski definition) is 2. The van der Waals surface area contributed by atoms with Crippen LogP contribution in [0.4, 0.5) is 17.6 Å². The lowest BCUT2D eigenvalue weighted by Gasteiger charge is -2.16. The summed E-state index contributed by atoms with van der Waals surface area (Å²) in [7, 11) is 0. The van der Waals surface area contributed by atoms with Crippen molar-refractivity contribution in [3.63, 3.8) is 0 Å². The SMILES string of the molecule is CC(CN)CCCNCC(F)(F)C(F)F. The monoisotopic (exact) mass is 230 g/mol. The molecule has 0 heterocycles. The molecule has 0 bridgehead atoms. The third-order valence-corrected chi connectivity index (χ3v) is 2.13. The summed E-state index contributed by atoms with van der Waals surface area (Å²) in [6.45, 7) is 1.84. The van der Waals surface area contributed by atoms with Crippen molar-refractivity contribution in [3.05, 3.63) is 0 Å². The molecule has 0 aliphatic rings. The van der Waals surface area contributed by atoms with Crippen molar-refractivity contribution >= 4 is 0 Å². The summed E-state index contributed by atoms with van der Waals surface area (Å²) < 4.78 is 48.1. The molecule has 2 nitrogen and oxygen atoms in total. The lowest BCUT2D eigenvalue weighted by atomic mass is 10.1. The Hall–Kier alpha value is -0.360. The Morgan fingerprint density at radius 2 is 1.93 bits per heavy atom. The molecule has 0 saturated heterocycles. The second kappa shape index (κ2) is 7.00. The lowest BCUT2D eigenvalue weighted by Crippen LogP contribution is -2.39. The molecule has 0 saturated carbocycles. The first kappa shape index (κ1) is 14.6. The highest BCUT2D eigenvalue weighted by atomic mass is 19.3. The van der Waals surface area contributed by atoms with Crippen LogP contribution in [-0.2, 0) is 0 Å². The fourth-order valence-electron chi connectivity index (χ4n) is 1.03. The number of alkyl halides is 4. The van der Waals surface area contributed by atoms with Crippen LogP contribution < -0.4 is 11.1 Å². The summed E-state index contributed by atoms with van der Waals surface area (Å²) in [6, 6.07) is 0. The molecule has 0 spiro atoms. The highest BCUT2D eigenvalue weighted by Crippen LogP contribution is 2.21. The zero-order valence-corrected chi connectivity index (χ0v) is 8.78. The summed E-state index contributed by atoms with van der Waals surface area (Å²) in [6.07, 6.45) is -2.13. The Morgan fingerprint density at radius 1 is 1.33 bits per heavy atom. The molecule has 0 aromatic rings. The Labute approximate surface area is 87.2 Å². The van der Waals surface area contributed by atoms with Crippen molar-refractivity contribution in [1.29, 1.82) is 0 Å². The summed E-state index contributed by atoms with van der Waals surface area (Å²) in [5.74, 6) is -3.60. The van der Waals surface area contributed by atoms with Gasteiger partial charge in [0.25, 0.3) is 0 Å². The molecular weight excluding hydrogens is 212 g/mol. The van der Waals surface area contributed by atoms with Crippen LogP contribution in [0.2, 0.25) is 0 Å². The van der Waals surface area contributed by atoms with E-state index < -0.39 is 18.9 Å². The standard InChI is InChI=1S/C9H18F4N2/c1-7(5-14)3-2-4-15-6-9(12,13)8(10)11/h7-8,15H,2-6,14H2,1H3. The van der Waals surface area contributed by atoms with Gasteiger partial charge in [-0.3, -0.25) is 0 Å². The van der Waals surface area contributed by atoms with Crippen molar-refractivity contribution < 1.29 is 17.6 Å². The first-order chi connectivity index (χ1) is 6.90. The topological polar surface area (TPSA) is 38.0 Å². The average molecular weight is 230 g/mol. The molecule has 15 heavy (non-hydrogen) atoms. The molecule has 0 radical (unpaired) electrons. The number of nitrogens with two attached hydrogens (primary N) is 1.